The summed E-state index contributed by atoms with van der Waals surface area (Å²) in [4.78, 5) is 10.0. The third-order valence-electron chi connectivity index (χ3n) is 0.509. The maximum absolute atomic E-state index is 10.0. The number of halogens is 1. The van der Waals surface area contributed by atoms with Gasteiger partial charge < -0.3 is 5.11 Å². The largest absolute Gasteiger partial charge is 0.480 e. The number of alkyl halides is 1. The Morgan fingerprint density at radius 1 is 1.71 bits per heavy atom. The summed E-state index contributed by atoms with van der Waals surface area (Å²) in [6.07, 6.45) is 0. The molecule has 0 rings (SSSR count). The molecule has 0 amide bonds. The van der Waals surface area contributed by atoms with E-state index in [0.29, 0.717) is 0 Å². The molecule has 0 atom stereocenters. The maximum Gasteiger partial charge on any atom is 0.319 e. The molecule has 0 aliphatic rings. The van der Waals surface area contributed by atoms with Gasteiger partial charge in [0.15, 0.2) is 0 Å². The minimum absolute atomic E-state index is 0.613. The van der Waals surface area contributed by atoms with Crippen molar-refractivity contribution in [3.8, 4) is 0 Å². The van der Waals surface area contributed by atoms with E-state index in [9.17, 15) is 4.79 Å². The van der Waals surface area contributed by atoms with E-state index in [2.05, 4.69) is 0 Å². The van der Waals surface area contributed by atoms with Gasteiger partial charge in [-0.1, -0.05) is 22.6 Å². The molecule has 2 nitrogen and oxygen atoms in total. The number of carboxylic acids is 1. The second-order valence-electron chi connectivity index (χ2n) is 1.78. The third-order valence-corrected chi connectivity index (χ3v) is 0.970. The van der Waals surface area contributed by atoms with Gasteiger partial charge in [-0.15, -0.1) is 0 Å². The fourth-order valence-electron chi connectivity index (χ4n) is 0. The van der Waals surface area contributed by atoms with Gasteiger partial charge >= 0.3 is 5.97 Å². The second kappa shape index (κ2) is 1.98. The summed E-state index contributed by atoms with van der Waals surface area (Å²) in [5.74, 6) is -0.770. The minimum Gasteiger partial charge on any atom is -0.480 e. The van der Waals surface area contributed by atoms with Gasteiger partial charge in [-0.25, -0.2) is 0 Å². The van der Waals surface area contributed by atoms with E-state index < -0.39 is 9.39 Å². The third kappa shape index (κ3) is 2.85. The molecule has 7 heavy (non-hydrogen) atoms. The first-order valence-corrected chi connectivity index (χ1v) is 2.95. The first-order valence-electron chi connectivity index (χ1n) is 1.87. The molecule has 0 unspecified atom stereocenters. The van der Waals surface area contributed by atoms with Crippen molar-refractivity contribution in [2.45, 2.75) is 17.3 Å². The number of carboxylic acid groups (broad SMARTS) is 1. The highest BCUT2D eigenvalue weighted by Crippen LogP contribution is 2.15. The predicted molar refractivity (Wildman–Crippen MR) is 35.7 cm³/mol. The van der Waals surface area contributed by atoms with E-state index in [0.717, 1.165) is 0 Å². The van der Waals surface area contributed by atoms with E-state index in [1.165, 1.54) is 0 Å². The van der Waals surface area contributed by atoms with Crippen LogP contribution in [0.2, 0.25) is 0 Å². The minimum atomic E-state index is -0.770. The Morgan fingerprint density at radius 2 is 1.86 bits per heavy atom. The van der Waals surface area contributed by atoms with E-state index in [4.69, 9.17) is 5.11 Å². The normalized spacial score (nSPS) is 11.3. The molecule has 0 spiro atoms. The monoisotopic (exact) mass is 214 g/mol. The Balaban J connectivity index is 3.79. The molecular weight excluding hydrogens is 207 g/mol. The maximum atomic E-state index is 10.0. The summed E-state index contributed by atoms with van der Waals surface area (Å²) in [6.45, 7) is 3.30. The lowest BCUT2D eigenvalue weighted by molar-refractivity contribution is -0.138. The fraction of sp³-hybridized carbons (Fsp3) is 0.750. The van der Waals surface area contributed by atoms with Crippen molar-refractivity contribution in [1.29, 1.82) is 0 Å². The molecule has 42 valence electrons. The van der Waals surface area contributed by atoms with Crippen molar-refractivity contribution in [3.05, 3.63) is 0 Å². The van der Waals surface area contributed by atoms with Crippen LogP contribution in [0.1, 0.15) is 13.8 Å². The zero-order valence-corrected chi connectivity index (χ0v) is 6.39. The Kier molecular flexibility index (Phi) is 2.04. The van der Waals surface area contributed by atoms with Gasteiger partial charge in [0.2, 0.25) is 0 Å². The highest BCUT2D eigenvalue weighted by atomic mass is 127. The quantitative estimate of drug-likeness (QED) is 0.527. The molecule has 0 bridgehead atoms. The molecular formula is C4H7IO2. The fourth-order valence-corrected chi connectivity index (χ4v) is 0. The summed E-state index contributed by atoms with van der Waals surface area (Å²) < 4.78 is -0.613. The molecule has 0 aromatic carbocycles. The number of hydrogen-bond acceptors (Lipinski definition) is 1. The van der Waals surface area contributed by atoms with Crippen molar-refractivity contribution >= 4 is 28.6 Å². The van der Waals surface area contributed by atoms with Gasteiger partial charge in [0.1, 0.15) is 3.42 Å². The van der Waals surface area contributed by atoms with Crippen LogP contribution in [0.15, 0.2) is 0 Å². The summed E-state index contributed by atoms with van der Waals surface area (Å²) in [7, 11) is 0. The lowest BCUT2D eigenvalue weighted by Gasteiger charge is -2.06. The van der Waals surface area contributed by atoms with Gasteiger partial charge in [-0.3, -0.25) is 4.79 Å². The molecule has 0 heterocycles. The van der Waals surface area contributed by atoms with Crippen LogP contribution >= 0.6 is 22.6 Å². The van der Waals surface area contributed by atoms with E-state index in [1.807, 2.05) is 22.6 Å². The molecule has 3 heteroatoms. The summed E-state index contributed by atoms with van der Waals surface area (Å²) in [5, 5.41) is 8.24. The number of aliphatic carboxylic acids is 1. The average molecular weight is 214 g/mol. The van der Waals surface area contributed by atoms with Crippen molar-refractivity contribution in [1.82, 2.24) is 0 Å². The molecule has 0 saturated carbocycles. The molecule has 1 N–H and O–H groups in total. The highest BCUT2D eigenvalue weighted by molar-refractivity contribution is 14.1. The topological polar surface area (TPSA) is 37.3 Å². The van der Waals surface area contributed by atoms with Crippen LogP contribution in [-0.4, -0.2) is 14.5 Å². The zero-order chi connectivity index (χ0) is 6.08. The molecule has 0 fully saturated rings. The van der Waals surface area contributed by atoms with Crippen molar-refractivity contribution in [2.75, 3.05) is 0 Å². The van der Waals surface area contributed by atoms with E-state index >= 15 is 0 Å². The predicted octanol–water partition coefficient (Wildman–Crippen LogP) is 1.28. The molecule has 0 aromatic rings. The first-order chi connectivity index (χ1) is 2.94. The van der Waals surface area contributed by atoms with Crippen LogP contribution in [0.3, 0.4) is 0 Å². The van der Waals surface area contributed by atoms with Crippen LogP contribution < -0.4 is 0 Å². The smallest absolute Gasteiger partial charge is 0.319 e. The van der Waals surface area contributed by atoms with Gasteiger partial charge in [0.25, 0.3) is 0 Å². The molecule has 0 radical (unpaired) electrons. The van der Waals surface area contributed by atoms with Gasteiger partial charge in [-0.05, 0) is 13.8 Å². The Bertz CT molecular complexity index is 82.2. The lowest BCUT2D eigenvalue weighted by atomic mass is 10.2. The lowest BCUT2D eigenvalue weighted by Crippen LogP contribution is -2.22. The second-order valence-corrected chi connectivity index (χ2v) is 4.47. The molecule has 0 aromatic heterocycles. The van der Waals surface area contributed by atoms with Crippen molar-refractivity contribution in [2.24, 2.45) is 0 Å². The van der Waals surface area contributed by atoms with Crippen LogP contribution in [0.5, 0.6) is 0 Å². The highest BCUT2D eigenvalue weighted by Gasteiger charge is 2.21. The van der Waals surface area contributed by atoms with Crippen LogP contribution in [0.4, 0.5) is 0 Å². The van der Waals surface area contributed by atoms with Crippen LogP contribution in [-0.2, 0) is 4.79 Å². The van der Waals surface area contributed by atoms with Crippen LogP contribution in [0.25, 0.3) is 0 Å². The standard InChI is InChI=1S/C4H7IO2/c1-4(2,5)3(6)7/h1-2H3,(H,6,7). The SMILES string of the molecule is CC(C)(I)C(=O)O. The molecule has 0 saturated heterocycles. The van der Waals surface area contributed by atoms with Gasteiger partial charge in [0, 0.05) is 0 Å². The Labute approximate surface area is 56.1 Å². The number of hydrogen-bond donors (Lipinski definition) is 1. The Hall–Kier alpha value is 0.200. The summed E-state index contributed by atoms with van der Waals surface area (Å²) >= 11 is 1.87. The Morgan fingerprint density at radius 3 is 1.86 bits per heavy atom. The first kappa shape index (κ1) is 7.20. The van der Waals surface area contributed by atoms with Gasteiger partial charge in [0.05, 0.1) is 0 Å². The van der Waals surface area contributed by atoms with Crippen molar-refractivity contribution < 1.29 is 9.90 Å². The average Bonchev–Trinajstić information content (AvgIpc) is 1.31. The van der Waals surface area contributed by atoms with E-state index in [1.54, 1.807) is 13.8 Å². The summed E-state index contributed by atoms with van der Waals surface area (Å²) in [5.41, 5.74) is 0. The zero-order valence-electron chi connectivity index (χ0n) is 4.23. The molecule has 0 aliphatic heterocycles. The number of rotatable bonds is 1. The van der Waals surface area contributed by atoms with Crippen LogP contribution in [0, 0.1) is 0 Å². The molecule has 0 aliphatic carbocycles. The summed E-state index contributed by atoms with van der Waals surface area (Å²) in [6, 6.07) is 0. The number of carbonyl (C=O) groups is 1. The van der Waals surface area contributed by atoms with Gasteiger partial charge in [-0.2, -0.15) is 0 Å². The van der Waals surface area contributed by atoms with E-state index in [-0.39, 0.29) is 0 Å². The van der Waals surface area contributed by atoms with Crippen molar-refractivity contribution in [3.63, 3.8) is 0 Å².